The number of hydrogen-bond acceptors (Lipinski definition) is 3. The molecule has 2 atom stereocenters. The molecule has 2 aliphatic rings. The Balaban J connectivity index is 1.00. The molecule has 0 saturated carbocycles. The number of nitrogens with zero attached hydrogens (tertiary/aromatic N) is 1. The summed E-state index contributed by atoms with van der Waals surface area (Å²) < 4.78 is 6.19. The number of rotatable bonds is 6. The first-order valence-corrected chi connectivity index (χ1v) is 18.7. The van der Waals surface area contributed by atoms with Crippen LogP contribution in [0, 0.1) is 0 Å². The Bertz CT molecular complexity index is 2650. The second-order valence-corrected chi connectivity index (χ2v) is 15.4. The van der Waals surface area contributed by atoms with Gasteiger partial charge in [-0.1, -0.05) is 121 Å². The van der Waals surface area contributed by atoms with E-state index >= 15 is 0 Å². The number of furan rings is 1. The number of benzene rings is 7. The summed E-state index contributed by atoms with van der Waals surface area (Å²) in [4.78, 5) is 3.73. The quantitative estimate of drug-likeness (QED) is 0.173. The lowest BCUT2D eigenvalue weighted by atomic mass is 9.83. The zero-order valence-electron chi connectivity index (χ0n) is 28.7. The highest BCUT2D eigenvalue weighted by molar-refractivity contribution is 8.01. The van der Waals surface area contributed by atoms with Crippen molar-refractivity contribution in [2.45, 2.75) is 22.5 Å². The van der Waals surface area contributed by atoms with E-state index in [1.165, 1.54) is 43.8 Å². The Kier molecular flexibility index (Phi) is 7.30. The first-order chi connectivity index (χ1) is 25.6. The number of allylic oxidation sites excluding steroid dienone is 3. The molecule has 3 heteroatoms. The van der Waals surface area contributed by atoms with Gasteiger partial charge < -0.3 is 9.32 Å². The molecule has 248 valence electrons. The van der Waals surface area contributed by atoms with Gasteiger partial charge >= 0.3 is 0 Å². The van der Waals surface area contributed by atoms with E-state index in [0.29, 0.717) is 5.92 Å². The van der Waals surface area contributed by atoms with E-state index in [1.54, 1.807) is 0 Å². The van der Waals surface area contributed by atoms with Crippen molar-refractivity contribution in [1.29, 1.82) is 0 Å². The summed E-state index contributed by atoms with van der Waals surface area (Å²) in [6, 6.07) is 59.1. The van der Waals surface area contributed by atoms with Gasteiger partial charge in [0, 0.05) is 43.4 Å². The van der Waals surface area contributed by atoms with E-state index in [4.69, 9.17) is 4.42 Å². The zero-order valence-corrected chi connectivity index (χ0v) is 29.6. The SMILES string of the molecule is CC12C=CC=CC1c1cc(-c3ccc(N(c4ccc(-c5ccccc5)cc4)c4ccc(-c5ccc6oc7ccccc7c6c5)cc4)cc3)ccc1S2. The van der Waals surface area contributed by atoms with Gasteiger partial charge in [-0.2, -0.15) is 0 Å². The van der Waals surface area contributed by atoms with Crippen molar-refractivity contribution >= 4 is 50.8 Å². The fraction of sp³-hybridized carbons (Fsp3) is 0.0612. The first kappa shape index (κ1) is 30.8. The Morgan fingerprint density at radius 2 is 1.04 bits per heavy atom. The molecule has 0 radical (unpaired) electrons. The van der Waals surface area contributed by atoms with E-state index in [-0.39, 0.29) is 4.75 Å². The van der Waals surface area contributed by atoms with Gasteiger partial charge in [0.15, 0.2) is 0 Å². The van der Waals surface area contributed by atoms with E-state index in [9.17, 15) is 0 Å². The molecule has 0 amide bonds. The molecule has 0 spiro atoms. The van der Waals surface area contributed by atoms with Crippen molar-refractivity contribution in [3.05, 3.63) is 194 Å². The molecule has 0 bridgehead atoms. The van der Waals surface area contributed by atoms with Crippen LogP contribution in [0.2, 0.25) is 0 Å². The predicted molar refractivity (Wildman–Crippen MR) is 220 cm³/mol. The van der Waals surface area contributed by atoms with Gasteiger partial charge in [0.2, 0.25) is 0 Å². The second kappa shape index (κ2) is 12.3. The molecule has 1 aliphatic carbocycles. The Morgan fingerprint density at radius 3 is 1.73 bits per heavy atom. The van der Waals surface area contributed by atoms with Crippen LogP contribution in [0.25, 0.3) is 55.3 Å². The summed E-state index contributed by atoms with van der Waals surface area (Å²) in [5.74, 6) is 0.398. The van der Waals surface area contributed by atoms with Gasteiger partial charge in [0.25, 0.3) is 0 Å². The highest BCUT2D eigenvalue weighted by atomic mass is 32.2. The van der Waals surface area contributed by atoms with Gasteiger partial charge in [-0.15, -0.1) is 11.8 Å². The molecule has 8 aromatic rings. The lowest BCUT2D eigenvalue weighted by Crippen LogP contribution is -2.22. The number of hydrogen-bond donors (Lipinski definition) is 0. The molecule has 0 fully saturated rings. The van der Waals surface area contributed by atoms with Crippen molar-refractivity contribution in [3.8, 4) is 33.4 Å². The van der Waals surface area contributed by atoms with Gasteiger partial charge in [0.05, 0.1) is 0 Å². The first-order valence-electron chi connectivity index (χ1n) is 17.9. The van der Waals surface area contributed by atoms with Crippen LogP contribution in [0.1, 0.15) is 18.4 Å². The van der Waals surface area contributed by atoms with Crippen molar-refractivity contribution in [3.63, 3.8) is 0 Å². The molecule has 2 heterocycles. The van der Waals surface area contributed by atoms with Crippen LogP contribution in [-0.4, -0.2) is 4.75 Å². The molecule has 1 aliphatic heterocycles. The maximum Gasteiger partial charge on any atom is 0.135 e. The minimum atomic E-state index is 0.0893. The van der Waals surface area contributed by atoms with Crippen molar-refractivity contribution < 1.29 is 4.42 Å². The van der Waals surface area contributed by atoms with Crippen molar-refractivity contribution in [2.75, 3.05) is 4.90 Å². The minimum absolute atomic E-state index is 0.0893. The molecule has 0 N–H and O–H groups in total. The Morgan fingerprint density at radius 1 is 0.500 bits per heavy atom. The lowest BCUT2D eigenvalue weighted by Gasteiger charge is -2.27. The van der Waals surface area contributed by atoms with E-state index in [1.807, 2.05) is 23.9 Å². The summed E-state index contributed by atoms with van der Waals surface area (Å²) in [6.45, 7) is 2.35. The van der Waals surface area contributed by atoms with Gasteiger partial charge in [-0.3, -0.25) is 0 Å². The summed E-state index contributed by atoms with van der Waals surface area (Å²) in [5, 5.41) is 2.28. The fourth-order valence-corrected chi connectivity index (χ4v) is 9.31. The maximum atomic E-state index is 6.10. The highest BCUT2D eigenvalue weighted by Gasteiger charge is 2.41. The van der Waals surface area contributed by atoms with Crippen molar-refractivity contribution in [2.24, 2.45) is 0 Å². The predicted octanol–water partition coefficient (Wildman–Crippen LogP) is 14.1. The standard InChI is InChI=1S/C49H35NOS/c1-49-30-8-7-12-45(49)44-32-38(21-29-48(44)52-49)36-18-26-41(27-19-36)50(39-22-14-34(15-23-39)33-9-3-2-4-10-33)40-24-16-35(17-25-40)37-20-28-47-43(31-37)42-11-5-6-13-46(42)51-47/h2-32,45H,1H3. The van der Waals surface area contributed by atoms with E-state index in [2.05, 4.69) is 188 Å². The minimum Gasteiger partial charge on any atom is -0.456 e. The third-order valence-corrected chi connectivity index (χ3v) is 12.1. The van der Waals surface area contributed by atoms with Gasteiger partial charge in [-0.05, 0) is 113 Å². The third-order valence-electron chi connectivity index (χ3n) is 10.7. The summed E-state index contributed by atoms with van der Waals surface area (Å²) in [6.07, 6.45) is 9.09. The molecule has 52 heavy (non-hydrogen) atoms. The third kappa shape index (κ3) is 5.28. The zero-order chi connectivity index (χ0) is 34.6. The monoisotopic (exact) mass is 685 g/mol. The summed E-state index contributed by atoms with van der Waals surface area (Å²) >= 11 is 1.98. The molecular formula is C49H35NOS. The highest BCUT2D eigenvalue weighted by Crippen LogP contribution is 2.56. The topological polar surface area (TPSA) is 16.4 Å². The van der Waals surface area contributed by atoms with Crippen LogP contribution in [0.5, 0.6) is 0 Å². The van der Waals surface area contributed by atoms with Crippen LogP contribution in [0.4, 0.5) is 17.1 Å². The van der Waals surface area contributed by atoms with Gasteiger partial charge in [-0.25, -0.2) is 0 Å². The number of thioether (sulfide) groups is 1. The Labute approximate surface area is 308 Å². The van der Waals surface area contributed by atoms with Crippen LogP contribution >= 0.6 is 11.8 Å². The van der Waals surface area contributed by atoms with Gasteiger partial charge in [0.1, 0.15) is 11.2 Å². The van der Waals surface area contributed by atoms with Crippen molar-refractivity contribution in [1.82, 2.24) is 0 Å². The van der Waals surface area contributed by atoms with Crippen LogP contribution < -0.4 is 4.90 Å². The maximum absolute atomic E-state index is 6.10. The number of anilines is 3. The smallest absolute Gasteiger partial charge is 0.135 e. The molecule has 10 rings (SSSR count). The normalized spacial score (nSPS) is 17.4. The lowest BCUT2D eigenvalue weighted by molar-refractivity contribution is 0.669. The summed E-state index contributed by atoms with van der Waals surface area (Å²) in [7, 11) is 0. The van der Waals surface area contributed by atoms with E-state index < -0.39 is 0 Å². The second-order valence-electron chi connectivity index (χ2n) is 13.9. The molecule has 2 unspecified atom stereocenters. The van der Waals surface area contributed by atoms with Crippen LogP contribution in [0.3, 0.4) is 0 Å². The molecule has 2 nitrogen and oxygen atoms in total. The largest absolute Gasteiger partial charge is 0.456 e. The van der Waals surface area contributed by atoms with E-state index in [0.717, 1.165) is 39.0 Å². The number of para-hydroxylation sites is 1. The fourth-order valence-electron chi connectivity index (χ4n) is 7.92. The average Bonchev–Trinajstić information content (AvgIpc) is 3.73. The number of fused-ring (bicyclic) bond motifs is 6. The van der Waals surface area contributed by atoms with Crippen LogP contribution in [0.15, 0.2) is 197 Å². The molecule has 0 saturated heterocycles. The van der Waals surface area contributed by atoms with Crippen LogP contribution in [-0.2, 0) is 0 Å². The molecule has 7 aromatic carbocycles. The average molecular weight is 686 g/mol. The Hall–Kier alpha value is -6.03. The summed E-state index contributed by atoms with van der Waals surface area (Å²) in [5.41, 5.74) is 13.8. The molecular weight excluding hydrogens is 651 g/mol. The molecule has 1 aromatic heterocycles.